The van der Waals surface area contributed by atoms with E-state index in [1.807, 2.05) is 12.1 Å². The molecule has 0 aliphatic heterocycles. The van der Waals surface area contributed by atoms with Crippen LogP contribution in [-0.4, -0.2) is 19.3 Å². The Balaban J connectivity index is 2.14. The van der Waals surface area contributed by atoms with Gasteiger partial charge in [-0.05, 0) is 42.0 Å². The average Bonchev–Trinajstić information content (AvgIpc) is 2.54. The Hall–Kier alpha value is -2.87. The summed E-state index contributed by atoms with van der Waals surface area (Å²) in [5.41, 5.74) is 2.43. The van der Waals surface area contributed by atoms with Gasteiger partial charge in [-0.25, -0.2) is 0 Å². The number of aromatic hydroxyl groups is 1. The lowest BCUT2D eigenvalue weighted by Crippen LogP contribution is -2.01. The van der Waals surface area contributed by atoms with Gasteiger partial charge >= 0.3 is 0 Å². The SMILES string of the molecule is COc1cc(CNc2ccc(C#N)cc2)cc(OC)c1O. The van der Waals surface area contributed by atoms with Crippen LogP contribution in [0.4, 0.5) is 5.69 Å². The van der Waals surface area contributed by atoms with Crippen molar-refractivity contribution in [1.29, 1.82) is 5.26 Å². The van der Waals surface area contributed by atoms with Gasteiger partial charge in [-0.2, -0.15) is 5.26 Å². The lowest BCUT2D eigenvalue weighted by Gasteiger charge is -2.12. The summed E-state index contributed by atoms with van der Waals surface area (Å²) in [5, 5.41) is 21.8. The molecular formula is C16H16N2O3. The summed E-state index contributed by atoms with van der Waals surface area (Å²) in [6, 6.07) is 12.7. The highest BCUT2D eigenvalue weighted by Gasteiger charge is 2.10. The Morgan fingerprint density at radius 1 is 1.10 bits per heavy atom. The van der Waals surface area contributed by atoms with E-state index in [4.69, 9.17) is 14.7 Å². The van der Waals surface area contributed by atoms with Crippen LogP contribution in [0.3, 0.4) is 0 Å². The van der Waals surface area contributed by atoms with Crippen LogP contribution in [0, 0.1) is 11.3 Å². The summed E-state index contributed by atoms with van der Waals surface area (Å²) >= 11 is 0. The van der Waals surface area contributed by atoms with Crippen LogP contribution < -0.4 is 14.8 Å². The second kappa shape index (κ2) is 6.53. The van der Waals surface area contributed by atoms with Crippen molar-refractivity contribution < 1.29 is 14.6 Å². The van der Waals surface area contributed by atoms with Gasteiger partial charge in [0.05, 0.1) is 25.9 Å². The molecule has 0 heterocycles. The fourth-order valence-electron chi connectivity index (χ4n) is 1.92. The second-order valence-corrected chi connectivity index (χ2v) is 4.39. The molecule has 2 rings (SSSR count). The zero-order valence-electron chi connectivity index (χ0n) is 11.9. The van der Waals surface area contributed by atoms with E-state index in [0.29, 0.717) is 23.6 Å². The largest absolute Gasteiger partial charge is 0.502 e. The third-order valence-corrected chi connectivity index (χ3v) is 3.05. The number of nitriles is 1. The molecule has 0 saturated heterocycles. The number of phenolic OH excluding ortho intramolecular Hbond substituents is 1. The maximum atomic E-state index is 9.86. The number of benzene rings is 2. The molecule has 0 saturated carbocycles. The van der Waals surface area contributed by atoms with Crippen LogP contribution in [0.2, 0.25) is 0 Å². The number of rotatable bonds is 5. The summed E-state index contributed by atoms with van der Waals surface area (Å²) in [6.45, 7) is 0.541. The summed E-state index contributed by atoms with van der Waals surface area (Å²) < 4.78 is 10.2. The lowest BCUT2D eigenvalue weighted by molar-refractivity contribution is 0.339. The molecule has 0 amide bonds. The fraction of sp³-hybridized carbons (Fsp3) is 0.188. The summed E-state index contributed by atoms with van der Waals surface area (Å²) in [6.07, 6.45) is 0. The Labute approximate surface area is 123 Å². The van der Waals surface area contributed by atoms with Crippen LogP contribution in [0.5, 0.6) is 17.2 Å². The number of hydrogen-bond donors (Lipinski definition) is 2. The smallest absolute Gasteiger partial charge is 0.200 e. The molecule has 5 nitrogen and oxygen atoms in total. The van der Waals surface area contributed by atoms with Crippen molar-refractivity contribution >= 4 is 5.69 Å². The van der Waals surface area contributed by atoms with E-state index in [2.05, 4.69) is 11.4 Å². The number of anilines is 1. The van der Waals surface area contributed by atoms with E-state index in [-0.39, 0.29) is 5.75 Å². The van der Waals surface area contributed by atoms with Gasteiger partial charge in [0.1, 0.15) is 0 Å². The number of hydrogen-bond acceptors (Lipinski definition) is 5. The summed E-state index contributed by atoms with van der Waals surface area (Å²) in [7, 11) is 2.98. The third-order valence-electron chi connectivity index (χ3n) is 3.05. The number of methoxy groups -OCH3 is 2. The Morgan fingerprint density at radius 2 is 1.67 bits per heavy atom. The molecule has 108 valence electrons. The van der Waals surface area contributed by atoms with Crippen LogP contribution >= 0.6 is 0 Å². The van der Waals surface area contributed by atoms with Crippen molar-refractivity contribution in [1.82, 2.24) is 0 Å². The Morgan fingerprint density at radius 3 is 2.14 bits per heavy atom. The van der Waals surface area contributed by atoms with Crippen LogP contribution in [0.1, 0.15) is 11.1 Å². The molecule has 0 unspecified atom stereocenters. The number of phenols is 1. The summed E-state index contributed by atoms with van der Waals surface area (Å²) in [5.74, 6) is 0.721. The highest BCUT2D eigenvalue weighted by molar-refractivity contribution is 5.54. The lowest BCUT2D eigenvalue weighted by atomic mass is 10.1. The Kier molecular flexibility index (Phi) is 4.52. The van der Waals surface area contributed by atoms with Crippen LogP contribution in [-0.2, 0) is 6.54 Å². The van der Waals surface area contributed by atoms with Gasteiger partial charge < -0.3 is 19.9 Å². The predicted octanol–water partition coefficient (Wildman–Crippen LogP) is 2.89. The van der Waals surface area contributed by atoms with E-state index in [0.717, 1.165) is 11.3 Å². The standard InChI is InChI=1S/C16H16N2O3/c1-20-14-7-12(8-15(21-2)16(14)19)10-18-13-5-3-11(9-17)4-6-13/h3-8,18-19H,10H2,1-2H3. The first kappa shape index (κ1) is 14.5. The molecule has 5 heteroatoms. The summed E-state index contributed by atoms with van der Waals surface area (Å²) in [4.78, 5) is 0. The highest BCUT2D eigenvalue weighted by Crippen LogP contribution is 2.37. The topological polar surface area (TPSA) is 74.5 Å². The molecule has 2 aromatic rings. The molecule has 0 aliphatic rings. The highest BCUT2D eigenvalue weighted by atomic mass is 16.5. The first-order valence-electron chi connectivity index (χ1n) is 6.36. The van der Waals surface area contributed by atoms with Gasteiger partial charge in [0.2, 0.25) is 5.75 Å². The minimum absolute atomic E-state index is 0.0119. The minimum Gasteiger partial charge on any atom is -0.502 e. The van der Waals surface area contributed by atoms with Gasteiger partial charge in [0.25, 0.3) is 0 Å². The molecule has 0 aromatic heterocycles. The number of nitrogens with one attached hydrogen (secondary N) is 1. The Bertz CT molecular complexity index is 635. The van der Waals surface area contributed by atoms with Crippen molar-refractivity contribution in [2.45, 2.75) is 6.54 Å². The molecule has 0 fully saturated rings. The molecule has 2 N–H and O–H groups in total. The number of nitrogens with zero attached hydrogens (tertiary/aromatic N) is 1. The zero-order valence-corrected chi connectivity index (χ0v) is 11.9. The van der Waals surface area contributed by atoms with Crippen molar-refractivity contribution in [2.75, 3.05) is 19.5 Å². The predicted molar refractivity (Wildman–Crippen MR) is 79.7 cm³/mol. The van der Waals surface area contributed by atoms with Gasteiger partial charge in [0, 0.05) is 12.2 Å². The van der Waals surface area contributed by atoms with Crippen molar-refractivity contribution in [3.63, 3.8) is 0 Å². The molecule has 0 radical (unpaired) electrons. The molecule has 0 spiro atoms. The fourth-order valence-corrected chi connectivity index (χ4v) is 1.92. The average molecular weight is 284 g/mol. The van der Waals surface area contributed by atoms with E-state index < -0.39 is 0 Å². The van der Waals surface area contributed by atoms with Gasteiger partial charge in [0.15, 0.2) is 11.5 Å². The normalized spacial score (nSPS) is 9.76. The second-order valence-electron chi connectivity index (χ2n) is 4.39. The molecule has 21 heavy (non-hydrogen) atoms. The van der Waals surface area contributed by atoms with E-state index in [1.54, 1.807) is 24.3 Å². The molecule has 0 aliphatic carbocycles. The first-order valence-corrected chi connectivity index (χ1v) is 6.36. The zero-order chi connectivity index (χ0) is 15.2. The van der Waals surface area contributed by atoms with Crippen molar-refractivity contribution in [3.05, 3.63) is 47.5 Å². The van der Waals surface area contributed by atoms with Crippen molar-refractivity contribution in [2.24, 2.45) is 0 Å². The van der Waals surface area contributed by atoms with E-state index in [9.17, 15) is 5.11 Å². The molecule has 0 atom stereocenters. The van der Waals surface area contributed by atoms with Crippen molar-refractivity contribution in [3.8, 4) is 23.3 Å². The quantitative estimate of drug-likeness (QED) is 0.883. The number of ether oxygens (including phenoxy) is 2. The minimum atomic E-state index is -0.0119. The van der Waals surface area contributed by atoms with Crippen LogP contribution in [0.25, 0.3) is 0 Å². The van der Waals surface area contributed by atoms with Gasteiger partial charge in [-0.15, -0.1) is 0 Å². The molecule has 2 aromatic carbocycles. The van der Waals surface area contributed by atoms with Gasteiger partial charge in [-0.1, -0.05) is 0 Å². The van der Waals surface area contributed by atoms with E-state index in [1.165, 1.54) is 14.2 Å². The maximum Gasteiger partial charge on any atom is 0.200 e. The molecule has 0 bridgehead atoms. The maximum absolute atomic E-state index is 9.86. The van der Waals surface area contributed by atoms with Gasteiger partial charge in [-0.3, -0.25) is 0 Å². The molecular weight excluding hydrogens is 268 g/mol. The third kappa shape index (κ3) is 3.37. The first-order chi connectivity index (χ1) is 10.2. The van der Waals surface area contributed by atoms with Crippen LogP contribution in [0.15, 0.2) is 36.4 Å². The monoisotopic (exact) mass is 284 g/mol. The van der Waals surface area contributed by atoms with E-state index >= 15 is 0 Å².